The van der Waals surface area contributed by atoms with Gasteiger partial charge in [0.25, 0.3) is 5.56 Å². The monoisotopic (exact) mass is 273 g/mol. The molecule has 0 aliphatic heterocycles. The van der Waals surface area contributed by atoms with Crippen molar-refractivity contribution < 1.29 is 4.79 Å². The van der Waals surface area contributed by atoms with Crippen LogP contribution in [0.1, 0.15) is 11.3 Å². The van der Waals surface area contributed by atoms with Crippen molar-refractivity contribution in [3.8, 4) is 5.69 Å². The zero-order valence-electron chi connectivity index (χ0n) is 11.2. The molecule has 20 heavy (non-hydrogen) atoms. The van der Waals surface area contributed by atoms with Crippen LogP contribution in [0.5, 0.6) is 0 Å². The van der Waals surface area contributed by atoms with E-state index in [1.54, 1.807) is 18.7 Å². The number of aromatic nitrogens is 2. The molecule has 0 spiro atoms. The van der Waals surface area contributed by atoms with Gasteiger partial charge in [-0.3, -0.25) is 9.48 Å². The highest BCUT2D eigenvalue weighted by atomic mass is 16.2. The summed E-state index contributed by atoms with van der Waals surface area (Å²) in [6, 6.07) is 8.48. The predicted octanol–water partition coefficient (Wildman–Crippen LogP) is 0.487. The van der Waals surface area contributed by atoms with E-state index in [1.165, 1.54) is 10.9 Å². The van der Waals surface area contributed by atoms with Crippen LogP contribution in [0.25, 0.3) is 5.69 Å². The van der Waals surface area contributed by atoms with Gasteiger partial charge < -0.3 is 5.73 Å². The van der Waals surface area contributed by atoms with Crippen molar-refractivity contribution in [2.75, 3.05) is 0 Å². The van der Waals surface area contributed by atoms with Gasteiger partial charge in [-0.05, 0) is 19.1 Å². The van der Waals surface area contributed by atoms with Crippen LogP contribution in [0.2, 0.25) is 0 Å². The minimum absolute atomic E-state index is 0.216. The first kappa shape index (κ1) is 13.6. The molecule has 1 aromatic carbocycles. The van der Waals surface area contributed by atoms with E-state index in [4.69, 9.17) is 5.73 Å². The van der Waals surface area contributed by atoms with Gasteiger partial charge in [-0.1, -0.05) is 18.2 Å². The Morgan fingerprint density at radius 3 is 2.60 bits per heavy atom. The highest BCUT2D eigenvalue weighted by Gasteiger charge is 2.14. The minimum atomic E-state index is -0.779. The number of nitrogens with one attached hydrogen (secondary N) is 1. The van der Waals surface area contributed by atoms with Crippen molar-refractivity contribution in [2.24, 2.45) is 17.9 Å². The largest absolute Gasteiger partial charge is 0.350 e. The summed E-state index contributed by atoms with van der Waals surface area (Å²) >= 11 is 0. The molecular formula is C13H15N5O2. The van der Waals surface area contributed by atoms with Crippen LogP contribution in [0.3, 0.4) is 0 Å². The van der Waals surface area contributed by atoms with Gasteiger partial charge in [0.2, 0.25) is 0 Å². The molecule has 0 radical (unpaired) electrons. The zero-order valence-corrected chi connectivity index (χ0v) is 11.2. The fourth-order valence-corrected chi connectivity index (χ4v) is 1.90. The molecule has 0 atom stereocenters. The van der Waals surface area contributed by atoms with Gasteiger partial charge in [0, 0.05) is 12.7 Å². The minimum Gasteiger partial charge on any atom is -0.350 e. The molecule has 0 fully saturated rings. The van der Waals surface area contributed by atoms with E-state index in [0.29, 0.717) is 5.56 Å². The Morgan fingerprint density at radius 2 is 2.00 bits per heavy atom. The quantitative estimate of drug-likeness (QED) is 0.629. The Hall–Kier alpha value is -2.83. The maximum Gasteiger partial charge on any atom is 0.332 e. The lowest BCUT2D eigenvalue weighted by Crippen LogP contribution is -2.25. The lowest BCUT2D eigenvalue weighted by Gasteiger charge is -2.07. The number of para-hydroxylation sites is 1. The third-order valence-corrected chi connectivity index (χ3v) is 2.97. The Balaban J connectivity index is 2.50. The van der Waals surface area contributed by atoms with Gasteiger partial charge in [-0.2, -0.15) is 5.10 Å². The molecular weight excluding hydrogens is 258 g/mol. The molecule has 0 aliphatic rings. The summed E-state index contributed by atoms with van der Waals surface area (Å²) in [6.07, 6.45) is 1.29. The van der Waals surface area contributed by atoms with E-state index >= 15 is 0 Å². The number of primary amides is 1. The summed E-state index contributed by atoms with van der Waals surface area (Å²) < 4.78 is 3.25. The molecule has 0 saturated heterocycles. The van der Waals surface area contributed by atoms with Crippen molar-refractivity contribution in [3.05, 3.63) is 51.9 Å². The first-order chi connectivity index (χ1) is 9.52. The third kappa shape index (κ3) is 2.46. The standard InChI is InChI=1S/C13H15N5O2/c1-9-11(8-15-16-13(14)20)12(19)18(17(9)2)10-6-4-3-5-7-10/h3-8H,1-2H3,(H3,14,16,20)/b15-8-. The Bertz CT molecular complexity index is 712. The van der Waals surface area contributed by atoms with Crippen molar-refractivity contribution >= 4 is 12.2 Å². The lowest BCUT2D eigenvalue weighted by atomic mass is 10.3. The van der Waals surface area contributed by atoms with E-state index in [9.17, 15) is 9.59 Å². The van der Waals surface area contributed by atoms with Crippen molar-refractivity contribution in [1.29, 1.82) is 0 Å². The number of nitrogens with two attached hydrogens (primary N) is 1. The van der Waals surface area contributed by atoms with E-state index in [0.717, 1.165) is 11.4 Å². The topological polar surface area (TPSA) is 94.4 Å². The Labute approximate surface area is 115 Å². The molecule has 2 amide bonds. The summed E-state index contributed by atoms with van der Waals surface area (Å²) in [5.41, 5.74) is 8.64. The van der Waals surface area contributed by atoms with E-state index < -0.39 is 6.03 Å². The number of carbonyl (C=O) groups is 1. The second kappa shape index (κ2) is 5.43. The number of nitrogens with zero attached hydrogens (tertiary/aromatic N) is 3. The van der Waals surface area contributed by atoms with Gasteiger partial charge in [0.05, 0.1) is 17.5 Å². The third-order valence-electron chi connectivity index (χ3n) is 2.97. The molecule has 1 heterocycles. The molecule has 7 nitrogen and oxygen atoms in total. The van der Waals surface area contributed by atoms with Crippen LogP contribution >= 0.6 is 0 Å². The van der Waals surface area contributed by atoms with Crippen LogP contribution in [0.15, 0.2) is 40.2 Å². The van der Waals surface area contributed by atoms with Crippen LogP contribution in [0.4, 0.5) is 4.79 Å². The molecule has 7 heteroatoms. The highest BCUT2D eigenvalue weighted by molar-refractivity contribution is 5.82. The normalized spacial score (nSPS) is 10.9. The van der Waals surface area contributed by atoms with Gasteiger partial charge in [0.15, 0.2) is 0 Å². The SMILES string of the molecule is Cc1c(/C=N\NC(N)=O)c(=O)n(-c2ccccc2)n1C. The van der Waals surface area contributed by atoms with E-state index in [-0.39, 0.29) is 5.56 Å². The molecule has 0 bridgehead atoms. The van der Waals surface area contributed by atoms with Crippen molar-refractivity contribution in [2.45, 2.75) is 6.92 Å². The maximum absolute atomic E-state index is 12.4. The molecule has 2 aromatic rings. The van der Waals surface area contributed by atoms with Crippen LogP contribution in [-0.2, 0) is 7.05 Å². The number of hydrazone groups is 1. The number of hydrogen-bond acceptors (Lipinski definition) is 3. The van der Waals surface area contributed by atoms with E-state index in [2.05, 4.69) is 10.5 Å². The van der Waals surface area contributed by atoms with E-state index in [1.807, 2.05) is 30.3 Å². The molecule has 2 rings (SSSR count). The number of carbonyl (C=O) groups excluding carboxylic acids is 1. The molecule has 0 unspecified atom stereocenters. The van der Waals surface area contributed by atoms with Gasteiger partial charge in [-0.15, -0.1) is 0 Å². The average molecular weight is 273 g/mol. The fraction of sp³-hybridized carbons (Fsp3) is 0.154. The maximum atomic E-state index is 12.4. The second-order valence-corrected chi connectivity index (χ2v) is 4.21. The van der Waals surface area contributed by atoms with Crippen molar-refractivity contribution in [3.63, 3.8) is 0 Å². The summed E-state index contributed by atoms with van der Waals surface area (Å²) in [7, 11) is 1.78. The lowest BCUT2D eigenvalue weighted by molar-refractivity contribution is 0.249. The first-order valence-electron chi connectivity index (χ1n) is 5.95. The van der Waals surface area contributed by atoms with Crippen LogP contribution < -0.4 is 16.7 Å². The van der Waals surface area contributed by atoms with Gasteiger partial charge in [0.1, 0.15) is 0 Å². The summed E-state index contributed by atoms with van der Waals surface area (Å²) in [4.78, 5) is 23.0. The number of urea groups is 1. The predicted molar refractivity (Wildman–Crippen MR) is 76.1 cm³/mol. The van der Waals surface area contributed by atoms with Crippen molar-refractivity contribution in [1.82, 2.24) is 14.8 Å². The Morgan fingerprint density at radius 1 is 1.35 bits per heavy atom. The highest BCUT2D eigenvalue weighted by Crippen LogP contribution is 2.08. The van der Waals surface area contributed by atoms with Gasteiger partial charge in [-0.25, -0.2) is 14.9 Å². The molecule has 3 N–H and O–H groups in total. The smallest absolute Gasteiger partial charge is 0.332 e. The first-order valence-corrected chi connectivity index (χ1v) is 5.95. The number of rotatable bonds is 3. The Kier molecular flexibility index (Phi) is 3.69. The molecule has 0 aliphatic carbocycles. The summed E-state index contributed by atoms with van der Waals surface area (Å²) in [5.74, 6) is 0. The molecule has 0 saturated carbocycles. The van der Waals surface area contributed by atoms with Crippen LogP contribution in [0, 0.1) is 6.92 Å². The number of amides is 2. The summed E-state index contributed by atoms with van der Waals surface area (Å²) in [6.45, 7) is 1.80. The molecule has 1 aromatic heterocycles. The van der Waals surface area contributed by atoms with Gasteiger partial charge >= 0.3 is 6.03 Å². The zero-order chi connectivity index (χ0) is 14.7. The summed E-state index contributed by atoms with van der Waals surface area (Å²) in [5, 5.41) is 3.63. The average Bonchev–Trinajstić information content (AvgIpc) is 2.63. The number of benzene rings is 1. The van der Waals surface area contributed by atoms with Crippen LogP contribution in [-0.4, -0.2) is 21.6 Å². The number of hydrogen-bond donors (Lipinski definition) is 2. The second-order valence-electron chi connectivity index (χ2n) is 4.21. The fourth-order valence-electron chi connectivity index (χ4n) is 1.90. The molecule has 104 valence electrons.